The third-order valence-corrected chi connectivity index (χ3v) is 3.32. The van der Waals surface area contributed by atoms with Gasteiger partial charge in [-0.25, -0.2) is 0 Å². The van der Waals surface area contributed by atoms with Crippen LogP contribution in [-0.4, -0.2) is 41.5 Å². The monoisotopic (exact) mass is 260 g/mol. The van der Waals surface area contributed by atoms with Crippen molar-refractivity contribution in [1.29, 1.82) is 0 Å². The molecule has 3 nitrogen and oxygen atoms in total. The molecule has 1 saturated heterocycles. The second-order valence-corrected chi connectivity index (χ2v) is 4.60. The van der Waals surface area contributed by atoms with E-state index < -0.39 is 12.1 Å². The zero-order valence-electron chi connectivity index (χ0n) is 9.83. The van der Waals surface area contributed by atoms with Crippen LogP contribution in [0.25, 0.3) is 0 Å². The molecule has 0 spiro atoms. The number of carbonyl (C=O) groups is 1. The van der Waals surface area contributed by atoms with Gasteiger partial charge in [0.2, 0.25) is 0 Å². The first kappa shape index (κ1) is 13.1. The van der Waals surface area contributed by atoms with E-state index in [1.54, 1.807) is 23.2 Å². The van der Waals surface area contributed by atoms with Gasteiger partial charge >= 0.3 is 6.18 Å². The SMILES string of the molecule is O=C(CN1CCC(C(F)(F)F)CC1)c1ccc[nH]1. The number of likely N-dealkylation sites (tertiary alicyclic amines) is 1. The Morgan fingerprint density at radius 2 is 2.06 bits per heavy atom. The Hall–Kier alpha value is -1.30. The lowest BCUT2D eigenvalue weighted by atomic mass is 9.96. The molecule has 1 aromatic rings. The molecule has 1 fully saturated rings. The van der Waals surface area contributed by atoms with Gasteiger partial charge in [0.15, 0.2) is 5.78 Å². The van der Waals surface area contributed by atoms with Crippen molar-refractivity contribution < 1.29 is 18.0 Å². The fourth-order valence-electron chi connectivity index (χ4n) is 2.21. The number of aromatic amines is 1. The molecular formula is C12H15F3N2O. The summed E-state index contributed by atoms with van der Waals surface area (Å²) in [5.74, 6) is -1.29. The quantitative estimate of drug-likeness (QED) is 0.847. The lowest BCUT2D eigenvalue weighted by Crippen LogP contribution is -2.41. The van der Waals surface area contributed by atoms with Crippen molar-refractivity contribution in [2.24, 2.45) is 5.92 Å². The number of rotatable bonds is 3. The van der Waals surface area contributed by atoms with Gasteiger partial charge in [-0.05, 0) is 38.1 Å². The lowest BCUT2D eigenvalue weighted by Gasteiger charge is -2.32. The predicted molar refractivity (Wildman–Crippen MR) is 60.3 cm³/mol. The first-order valence-corrected chi connectivity index (χ1v) is 5.92. The van der Waals surface area contributed by atoms with E-state index in [9.17, 15) is 18.0 Å². The number of hydrogen-bond acceptors (Lipinski definition) is 2. The van der Waals surface area contributed by atoms with Crippen LogP contribution in [0.5, 0.6) is 0 Å². The first-order chi connectivity index (χ1) is 8.47. The molecule has 2 heterocycles. The van der Waals surface area contributed by atoms with Crippen molar-refractivity contribution in [1.82, 2.24) is 9.88 Å². The number of carbonyl (C=O) groups excluding carboxylic acids is 1. The summed E-state index contributed by atoms with van der Waals surface area (Å²) in [6, 6.07) is 3.40. The van der Waals surface area contributed by atoms with Crippen molar-refractivity contribution in [3.63, 3.8) is 0 Å². The highest BCUT2D eigenvalue weighted by atomic mass is 19.4. The highest BCUT2D eigenvalue weighted by Gasteiger charge is 2.41. The largest absolute Gasteiger partial charge is 0.391 e. The Balaban J connectivity index is 1.82. The first-order valence-electron chi connectivity index (χ1n) is 5.92. The molecule has 0 amide bonds. The highest BCUT2D eigenvalue weighted by Crippen LogP contribution is 2.33. The van der Waals surface area contributed by atoms with Crippen LogP contribution in [-0.2, 0) is 0 Å². The molecule has 0 unspecified atom stereocenters. The van der Waals surface area contributed by atoms with Crippen LogP contribution < -0.4 is 0 Å². The summed E-state index contributed by atoms with van der Waals surface area (Å²) in [5, 5.41) is 0. The number of alkyl halides is 3. The minimum Gasteiger partial charge on any atom is -0.359 e. The smallest absolute Gasteiger partial charge is 0.359 e. The van der Waals surface area contributed by atoms with Gasteiger partial charge in [0.05, 0.1) is 18.2 Å². The van der Waals surface area contributed by atoms with Crippen LogP contribution in [0.2, 0.25) is 0 Å². The molecule has 2 rings (SSSR count). The van der Waals surface area contributed by atoms with Gasteiger partial charge in [0.25, 0.3) is 0 Å². The molecule has 100 valence electrons. The minimum absolute atomic E-state index is 0.0783. The number of halogens is 3. The second kappa shape index (κ2) is 5.14. The number of ketones is 1. The van der Waals surface area contributed by atoms with Crippen LogP contribution >= 0.6 is 0 Å². The number of nitrogens with zero attached hydrogens (tertiary/aromatic N) is 1. The standard InChI is InChI=1S/C12H15F3N2O/c13-12(14,15)9-3-6-17(7-4-9)8-11(18)10-2-1-5-16-10/h1-2,5,9,16H,3-4,6-8H2. The van der Waals surface area contributed by atoms with Crippen LogP contribution in [0.3, 0.4) is 0 Å². The molecule has 0 bridgehead atoms. The van der Waals surface area contributed by atoms with Gasteiger partial charge < -0.3 is 4.98 Å². The van der Waals surface area contributed by atoms with Crippen LogP contribution in [0, 0.1) is 5.92 Å². The summed E-state index contributed by atoms with van der Waals surface area (Å²) in [5.41, 5.74) is 0.507. The Labute approximate surface area is 103 Å². The number of Topliss-reactive ketones (excluding diaryl/α,β-unsaturated/α-hetero) is 1. The number of H-pyrrole nitrogens is 1. The fourth-order valence-corrected chi connectivity index (χ4v) is 2.21. The van der Waals surface area contributed by atoms with Gasteiger partial charge in [0.1, 0.15) is 0 Å². The molecule has 0 aromatic carbocycles. The van der Waals surface area contributed by atoms with Gasteiger partial charge in [-0.2, -0.15) is 13.2 Å². The summed E-state index contributed by atoms with van der Waals surface area (Å²) in [6.45, 7) is 0.846. The average Bonchev–Trinajstić information content (AvgIpc) is 2.82. The normalized spacial score (nSPS) is 19.1. The molecule has 0 saturated carbocycles. The van der Waals surface area contributed by atoms with Crippen LogP contribution in [0.15, 0.2) is 18.3 Å². The highest BCUT2D eigenvalue weighted by molar-refractivity contribution is 5.95. The molecule has 6 heteroatoms. The van der Waals surface area contributed by atoms with E-state index in [1.165, 1.54) is 0 Å². The van der Waals surface area contributed by atoms with E-state index >= 15 is 0 Å². The van der Waals surface area contributed by atoms with Crippen LogP contribution in [0.1, 0.15) is 23.3 Å². The molecule has 1 aliphatic heterocycles. The fraction of sp³-hybridized carbons (Fsp3) is 0.583. The third kappa shape index (κ3) is 3.13. The maximum absolute atomic E-state index is 12.5. The molecule has 1 aromatic heterocycles. The van der Waals surface area contributed by atoms with Crippen molar-refractivity contribution in [3.8, 4) is 0 Å². The van der Waals surface area contributed by atoms with Gasteiger partial charge in [-0.15, -0.1) is 0 Å². The Bertz CT molecular complexity index is 392. The van der Waals surface area contributed by atoms with E-state index in [-0.39, 0.29) is 25.2 Å². The van der Waals surface area contributed by atoms with E-state index in [2.05, 4.69) is 4.98 Å². The van der Waals surface area contributed by atoms with Crippen LogP contribution in [0.4, 0.5) is 13.2 Å². The van der Waals surface area contributed by atoms with E-state index in [0.717, 1.165) is 0 Å². The number of nitrogens with one attached hydrogen (secondary N) is 1. The zero-order valence-corrected chi connectivity index (χ0v) is 9.83. The Kier molecular flexibility index (Phi) is 3.75. The molecular weight excluding hydrogens is 245 g/mol. The maximum atomic E-state index is 12.5. The summed E-state index contributed by atoms with van der Waals surface area (Å²) in [4.78, 5) is 16.3. The maximum Gasteiger partial charge on any atom is 0.391 e. The summed E-state index contributed by atoms with van der Waals surface area (Å²) >= 11 is 0. The van der Waals surface area contributed by atoms with E-state index in [4.69, 9.17) is 0 Å². The number of piperidine rings is 1. The lowest BCUT2D eigenvalue weighted by molar-refractivity contribution is -0.184. The summed E-state index contributed by atoms with van der Waals surface area (Å²) < 4.78 is 37.4. The molecule has 18 heavy (non-hydrogen) atoms. The summed E-state index contributed by atoms with van der Waals surface area (Å²) in [6.07, 6.45) is -2.28. The van der Waals surface area contributed by atoms with Crippen molar-refractivity contribution in [3.05, 3.63) is 24.0 Å². The van der Waals surface area contributed by atoms with Crippen molar-refractivity contribution in [2.75, 3.05) is 19.6 Å². The van der Waals surface area contributed by atoms with E-state index in [0.29, 0.717) is 18.8 Å². The molecule has 0 radical (unpaired) electrons. The number of aromatic nitrogens is 1. The average molecular weight is 260 g/mol. The molecule has 0 atom stereocenters. The van der Waals surface area contributed by atoms with Crippen molar-refractivity contribution >= 4 is 5.78 Å². The van der Waals surface area contributed by atoms with Gasteiger partial charge in [0, 0.05) is 6.20 Å². The van der Waals surface area contributed by atoms with Gasteiger partial charge in [-0.3, -0.25) is 9.69 Å². The Morgan fingerprint density at radius 3 is 2.56 bits per heavy atom. The van der Waals surface area contributed by atoms with Gasteiger partial charge in [-0.1, -0.05) is 0 Å². The Morgan fingerprint density at radius 1 is 1.39 bits per heavy atom. The molecule has 1 N–H and O–H groups in total. The second-order valence-electron chi connectivity index (χ2n) is 4.60. The van der Waals surface area contributed by atoms with Crippen molar-refractivity contribution in [2.45, 2.75) is 19.0 Å². The minimum atomic E-state index is -4.10. The summed E-state index contributed by atoms with van der Waals surface area (Å²) in [7, 11) is 0. The third-order valence-electron chi connectivity index (χ3n) is 3.32. The number of hydrogen-bond donors (Lipinski definition) is 1. The topological polar surface area (TPSA) is 36.1 Å². The molecule has 0 aliphatic carbocycles. The zero-order chi connectivity index (χ0) is 13.2. The molecule has 1 aliphatic rings. The van der Waals surface area contributed by atoms with E-state index in [1.807, 2.05) is 0 Å². The predicted octanol–water partition coefficient (Wildman–Crippen LogP) is 2.47.